The second-order valence-corrected chi connectivity index (χ2v) is 1.22. The quantitative estimate of drug-likeness (QED) is 0.333. The zero-order valence-electron chi connectivity index (χ0n) is 6.08. The number of hydrogen-bond donors (Lipinski definition) is 1. The molecule has 0 aliphatic carbocycles. The molecule has 0 rings (SSSR count). The van der Waals surface area contributed by atoms with Crippen molar-refractivity contribution in [2.75, 3.05) is 0 Å². The van der Waals surface area contributed by atoms with E-state index in [9.17, 15) is 0 Å². The molecule has 0 saturated heterocycles. The van der Waals surface area contributed by atoms with Gasteiger partial charge in [0, 0.05) is 10.4 Å². The molecule has 0 spiro atoms. The molecule has 0 fully saturated rings. The molecule has 0 saturated carbocycles. The molecular weight excluding hydrogens is 265 g/mol. The Labute approximate surface area is 84.3 Å². The van der Waals surface area contributed by atoms with Crippen LogP contribution in [0.2, 0.25) is 0 Å². The molecular formula is H15CoNO10S. The van der Waals surface area contributed by atoms with Crippen molar-refractivity contribution in [2.24, 2.45) is 0 Å². The van der Waals surface area contributed by atoms with Gasteiger partial charge in [0.05, 0.1) is 0 Å². The predicted molar refractivity (Wildman–Crippen MR) is 37.2 cm³/mol. The van der Waals surface area contributed by atoms with Gasteiger partial charge in [-0.2, -0.15) is 0 Å². The van der Waals surface area contributed by atoms with Gasteiger partial charge in [-0.1, -0.05) is 0 Å². The van der Waals surface area contributed by atoms with Crippen molar-refractivity contribution < 1.29 is 67.2 Å². The Bertz CT molecular complexity index is 98.1. The van der Waals surface area contributed by atoms with Crippen molar-refractivity contribution in [3.8, 4) is 0 Å². The van der Waals surface area contributed by atoms with Crippen molar-refractivity contribution in [2.45, 2.75) is 0 Å². The second kappa shape index (κ2) is 40.1. The molecule has 0 bridgehead atoms. The summed E-state index contributed by atoms with van der Waals surface area (Å²) in [6.07, 6.45) is 0. The van der Waals surface area contributed by atoms with E-state index in [-0.39, 0.29) is 55.8 Å². The van der Waals surface area contributed by atoms with Gasteiger partial charge >= 0.3 is 16.8 Å². The summed E-state index contributed by atoms with van der Waals surface area (Å²) in [5.41, 5.74) is 0. The van der Waals surface area contributed by atoms with E-state index in [1.54, 1.807) is 0 Å². The van der Waals surface area contributed by atoms with Crippen molar-refractivity contribution in [1.29, 1.82) is 0 Å². The molecule has 0 atom stereocenters. The van der Waals surface area contributed by atoms with E-state index in [2.05, 4.69) is 0 Å². The predicted octanol–water partition coefficient (Wildman–Crippen LogP) is -6.13. The molecule has 0 aromatic rings. The molecule has 11 nitrogen and oxygen atoms in total. The molecule has 1 radical (unpaired) electrons. The zero-order valence-corrected chi connectivity index (χ0v) is 7.94. The van der Waals surface area contributed by atoms with Crippen LogP contribution in [0.3, 0.4) is 0 Å². The fraction of sp³-hybridized carbons (Fsp3) is 0. The van der Waals surface area contributed by atoms with Crippen LogP contribution in [0.1, 0.15) is 0 Å². The Kier molecular flexibility index (Phi) is 352. The van der Waals surface area contributed by atoms with Crippen molar-refractivity contribution in [3.63, 3.8) is 0 Å². The average molecular weight is 280 g/mol. The van der Waals surface area contributed by atoms with E-state index in [0.29, 0.717) is 0 Å². The molecule has 0 amide bonds. The molecule has 0 aliphatic heterocycles. The zero-order chi connectivity index (χ0) is 4.50. The molecule has 0 unspecified atom stereocenters. The Balaban J connectivity index is -0.00000000286. The maximum absolute atomic E-state index is 8.52. The summed E-state index contributed by atoms with van der Waals surface area (Å²) in [5.74, 6) is 0. The molecule has 0 heterocycles. The van der Waals surface area contributed by atoms with Crippen LogP contribution in [0, 0.1) is 0 Å². The summed E-state index contributed by atoms with van der Waals surface area (Å²) in [5, 5.41) is 0. The van der Waals surface area contributed by atoms with E-state index >= 15 is 0 Å². The van der Waals surface area contributed by atoms with Crippen molar-refractivity contribution >= 4 is 10.4 Å². The number of hydrogen-bond acceptors (Lipinski definition) is 5. The Hall–Kier alpha value is 0.0965. The summed E-state index contributed by atoms with van der Waals surface area (Å²) >= 11 is 0. The minimum Gasteiger partial charge on any atom is -0.759 e. The number of rotatable bonds is 0. The van der Waals surface area contributed by atoms with E-state index in [0.717, 1.165) is 0 Å². The normalized spacial score (nSPS) is 4.46. The average Bonchev–Trinajstić information content (AvgIpc) is 0.722. The smallest absolute Gasteiger partial charge is 0.759 e. The van der Waals surface area contributed by atoms with Crippen LogP contribution in [-0.2, 0) is 27.2 Å². The van der Waals surface area contributed by atoms with Crippen LogP contribution in [-0.4, -0.2) is 50.4 Å². The molecule has 0 aromatic carbocycles. The van der Waals surface area contributed by atoms with Gasteiger partial charge in [0.15, 0.2) is 0 Å². The van der Waals surface area contributed by atoms with Gasteiger partial charge in [0.1, 0.15) is 0 Å². The maximum atomic E-state index is 8.52. The van der Waals surface area contributed by atoms with Gasteiger partial charge in [-0.05, 0) is 0 Å². The Morgan fingerprint density at radius 2 is 0.692 bits per heavy atom. The van der Waals surface area contributed by atoms with E-state index in [1.165, 1.54) is 0 Å². The van der Waals surface area contributed by atoms with E-state index < -0.39 is 10.4 Å². The minimum absolute atomic E-state index is 0. The summed E-state index contributed by atoms with van der Waals surface area (Å²) in [6.45, 7) is 0. The fourth-order valence-electron chi connectivity index (χ4n) is 0. The van der Waals surface area contributed by atoms with Crippen molar-refractivity contribution in [1.82, 2.24) is 6.15 Å². The first kappa shape index (κ1) is 114. The summed E-state index contributed by atoms with van der Waals surface area (Å²) in [7, 11) is -5.17. The maximum Gasteiger partial charge on any atom is 2.00 e. The van der Waals surface area contributed by atoms with Gasteiger partial charge in [0.25, 0.3) is 0 Å². The van der Waals surface area contributed by atoms with Crippen molar-refractivity contribution in [3.05, 3.63) is 0 Å². The van der Waals surface area contributed by atoms with Gasteiger partial charge in [0.2, 0.25) is 0 Å². The van der Waals surface area contributed by atoms with Gasteiger partial charge in [-0.25, -0.2) is 0 Å². The van der Waals surface area contributed by atoms with Crippen LogP contribution >= 0.6 is 0 Å². The summed E-state index contributed by atoms with van der Waals surface area (Å²) in [6, 6.07) is 0. The molecule has 95 valence electrons. The molecule has 13 heteroatoms. The van der Waals surface area contributed by atoms with Crippen LogP contribution in [0.25, 0.3) is 0 Å². The molecule has 15 N–H and O–H groups in total. The molecule has 0 aliphatic rings. The first-order chi connectivity index (χ1) is 2.00. The van der Waals surface area contributed by atoms with Crippen LogP contribution in [0.5, 0.6) is 0 Å². The molecule has 13 heavy (non-hydrogen) atoms. The topological polar surface area (TPSA) is 304 Å². The van der Waals surface area contributed by atoms with E-state index in [1.807, 2.05) is 0 Å². The summed E-state index contributed by atoms with van der Waals surface area (Å²) in [4.78, 5) is 0. The van der Waals surface area contributed by atoms with Crippen LogP contribution < -0.4 is 6.15 Å². The largest absolute Gasteiger partial charge is 2.00 e. The SMILES string of the molecule is N.O.O.O.O.O.O.O=S(=O)([O-])[O-].[Co+2]. The summed E-state index contributed by atoms with van der Waals surface area (Å²) < 4.78 is 34.1. The fourth-order valence-corrected chi connectivity index (χ4v) is 0. The first-order valence-corrected chi connectivity index (χ1v) is 2.00. The van der Waals surface area contributed by atoms with Gasteiger partial charge in [-0.3, -0.25) is 8.42 Å². The monoisotopic (exact) mass is 280 g/mol. The Morgan fingerprint density at radius 1 is 0.692 bits per heavy atom. The van der Waals surface area contributed by atoms with Crippen LogP contribution in [0.4, 0.5) is 0 Å². The third kappa shape index (κ3) is 132000. The second-order valence-electron chi connectivity index (χ2n) is 0.408. The van der Waals surface area contributed by atoms with E-state index in [4.69, 9.17) is 17.5 Å². The Morgan fingerprint density at radius 3 is 0.692 bits per heavy atom. The minimum atomic E-state index is -5.17. The van der Waals surface area contributed by atoms with Gasteiger partial charge in [-0.15, -0.1) is 0 Å². The third-order valence-electron chi connectivity index (χ3n) is 0. The first-order valence-electron chi connectivity index (χ1n) is 0.667. The third-order valence-corrected chi connectivity index (χ3v) is 0. The standard InChI is InChI=1S/Co.H3N.H2O4S.6H2O/c;;1-5(2,3)4;;;;;;/h;1H3;(H2,1,2,3,4);6*1H2/q+2;;;;;;;;/p-2. The van der Waals surface area contributed by atoms with Gasteiger partial charge < -0.3 is 48.1 Å². The molecule has 0 aromatic heterocycles. The van der Waals surface area contributed by atoms with Crippen LogP contribution in [0.15, 0.2) is 0 Å².